The van der Waals surface area contributed by atoms with Gasteiger partial charge in [0.05, 0.1) is 6.54 Å². The van der Waals surface area contributed by atoms with E-state index in [0.29, 0.717) is 11.0 Å². The topological polar surface area (TPSA) is 95.6 Å². The van der Waals surface area contributed by atoms with Crippen LogP contribution in [0.15, 0.2) is 6.20 Å². The van der Waals surface area contributed by atoms with E-state index in [-0.39, 0.29) is 19.4 Å². The molecule has 10 heteroatoms. The molecule has 1 fully saturated rings. The van der Waals surface area contributed by atoms with E-state index in [0.717, 1.165) is 4.88 Å². The number of hydrogen-bond donors (Lipinski definition) is 1. The lowest BCUT2D eigenvalue weighted by molar-refractivity contribution is -0.502. The Kier molecular flexibility index (Phi) is 3.94. The van der Waals surface area contributed by atoms with Gasteiger partial charge in [-0.25, -0.2) is 4.98 Å². The molecule has 1 aromatic rings. The molecule has 18 heavy (non-hydrogen) atoms. The summed E-state index contributed by atoms with van der Waals surface area (Å²) in [4.78, 5) is 17.5. The van der Waals surface area contributed by atoms with Crippen LogP contribution in [0, 0.1) is 15.5 Å². The fourth-order valence-corrected chi connectivity index (χ4v) is 2.49. The molecule has 0 saturated carbocycles. The third-order valence-corrected chi connectivity index (χ3v) is 3.35. The molecule has 1 aromatic heterocycles. The van der Waals surface area contributed by atoms with Crippen molar-refractivity contribution in [2.45, 2.75) is 6.54 Å². The number of nitrogens with one attached hydrogen (secondary N) is 1. The summed E-state index contributed by atoms with van der Waals surface area (Å²) in [7, 11) is 0. The fraction of sp³-hybridized carbons (Fsp3) is 0.500. The highest BCUT2D eigenvalue weighted by Gasteiger charge is 2.26. The van der Waals surface area contributed by atoms with Gasteiger partial charge in [-0.3, -0.25) is 20.4 Å². The lowest BCUT2D eigenvalue weighted by Gasteiger charge is -2.35. The predicted molar refractivity (Wildman–Crippen MR) is 64.9 cm³/mol. The van der Waals surface area contributed by atoms with E-state index in [1.165, 1.54) is 16.2 Å². The number of aromatic nitrogens is 1. The highest BCUT2D eigenvalue weighted by molar-refractivity contribution is 7.15. The van der Waals surface area contributed by atoms with Gasteiger partial charge in [0, 0.05) is 16.0 Å². The number of rotatable bonds is 4. The van der Waals surface area contributed by atoms with Crippen LogP contribution in [0.1, 0.15) is 4.88 Å². The van der Waals surface area contributed by atoms with Gasteiger partial charge in [0.1, 0.15) is 13.5 Å². The first kappa shape index (κ1) is 13.0. The van der Waals surface area contributed by atoms with E-state index in [9.17, 15) is 10.1 Å². The molecule has 1 aliphatic heterocycles. The Morgan fingerprint density at radius 1 is 1.61 bits per heavy atom. The molecule has 2 heterocycles. The number of thiazole rings is 1. The van der Waals surface area contributed by atoms with Crippen LogP contribution in [-0.2, 0) is 11.3 Å². The molecule has 98 valence electrons. The van der Waals surface area contributed by atoms with Gasteiger partial charge in [-0.05, 0) is 0 Å². The number of guanidine groups is 1. The summed E-state index contributed by atoms with van der Waals surface area (Å²) in [6.45, 7) is 0.235. The Morgan fingerprint density at radius 2 is 2.33 bits per heavy atom. The Morgan fingerprint density at radius 3 is 2.94 bits per heavy atom. The van der Waals surface area contributed by atoms with E-state index in [1.807, 2.05) is 0 Å². The molecule has 0 radical (unpaired) electrons. The molecule has 0 bridgehead atoms. The maximum Gasteiger partial charge on any atom is 0.282 e. The molecule has 1 saturated heterocycles. The molecule has 0 unspecified atom stereocenters. The number of ether oxygens (including phenoxy) is 1. The van der Waals surface area contributed by atoms with E-state index >= 15 is 0 Å². The molecule has 0 aliphatic carbocycles. The van der Waals surface area contributed by atoms with Gasteiger partial charge in [-0.1, -0.05) is 11.6 Å². The van der Waals surface area contributed by atoms with Crippen molar-refractivity contribution in [3.05, 3.63) is 25.7 Å². The summed E-state index contributed by atoms with van der Waals surface area (Å²) in [5.41, 5.74) is 0. The molecule has 8 nitrogen and oxygen atoms in total. The minimum absolute atomic E-state index is 0.0553. The highest BCUT2D eigenvalue weighted by atomic mass is 35.5. The van der Waals surface area contributed by atoms with Crippen molar-refractivity contribution >= 4 is 28.9 Å². The van der Waals surface area contributed by atoms with Gasteiger partial charge in [0.15, 0.2) is 4.47 Å². The molecular formula is C8H10ClN5O3S. The van der Waals surface area contributed by atoms with Crippen LogP contribution in [0.2, 0.25) is 4.47 Å². The summed E-state index contributed by atoms with van der Waals surface area (Å²) in [6.07, 6.45) is 1.62. The first-order valence-corrected chi connectivity index (χ1v) is 6.14. The zero-order valence-electron chi connectivity index (χ0n) is 9.21. The van der Waals surface area contributed by atoms with Crippen molar-refractivity contribution in [3.63, 3.8) is 0 Å². The average molecular weight is 292 g/mol. The predicted octanol–water partition coefficient (Wildman–Crippen LogP) is 1.01. The van der Waals surface area contributed by atoms with E-state index in [1.54, 1.807) is 11.1 Å². The molecule has 1 N–H and O–H groups in total. The van der Waals surface area contributed by atoms with Gasteiger partial charge in [-0.2, -0.15) is 0 Å². The van der Waals surface area contributed by atoms with Crippen molar-refractivity contribution in [2.24, 2.45) is 0 Å². The number of nitrogens with zero attached hydrogens (tertiary/aromatic N) is 4. The van der Waals surface area contributed by atoms with Gasteiger partial charge in [0.25, 0.3) is 6.67 Å². The summed E-state index contributed by atoms with van der Waals surface area (Å²) < 4.78 is 5.63. The van der Waals surface area contributed by atoms with Crippen LogP contribution < -0.4 is 0 Å². The van der Waals surface area contributed by atoms with Crippen LogP contribution in [-0.4, -0.2) is 45.8 Å². The quantitative estimate of drug-likeness (QED) is 0.657. The Balaban J connectivity index is 2.00. The van der Waals surface area contributed by atoms with Crippen molar-refractivity contribution < 1.29 is 9.66 Å². The number of hydrogen-bond acceptors (Lipinski definition) is 6. The van der Waals surface area contributed by atoms with E-state index in [4.69, 9.17) is 21.7 Å². The SMILES string of the molecule is N=C1N(Cc2cnc(Cl)s2)COCN1C[N+](=O)[O-]. The van der Waals surface area contributed by atoms with Crippen molar-refractivity contribution in [3.8, 4) is 0 Å². The Hall–Kier alpha value is -1.45. The lowest BCUT2D eigenvalue weighted by Crippen LogP contribution is -2.51. The van der Waals surface area contributed by atoms with Crippen molar-refractivity contribution in [1.82, 2.24) is 14.8 Å². The van der Waals surface area contributed by atoms with Crippen LogP contribution in [0.4, 0.5) is 0 Å². The molecule has 0 atom stereocenters. The molecule has 0 amide bonds. The third kappa shape index (κ3) is 3.06. The third-order valence-electron chi connectivity index (χ3n) is 2.25. The first-order chi connectivity index (χ1) is 8.56. The number of halogens is 1. The minimum atomic E-state index is -0.495. The molecule has 0 spiro atoms. The molecular weight excluding hydrogens is 282 g/mol. The Labute approximate surface area is 111 Å². The normalized spacial score (nSPS) is 16.2. The summed E-state index contributed by atoms with van der Waals surface area (Å²) >= 11 is 7.02. The van der Waals surface area contributed by atoms with Crippen molar-refractivity contribution in [2.75, 3.05) is 20.1 Å². The minimum Gasteiger partial charge on any atom is -0.340 e. The van der Waals surface area contributed by atoms with Crippen LogP contribution >= 0.6 is 22.9 Å². The van der Waals surface area contributed by atoms with Gasteiger partial charge in [-0.15, -0.1) is 11.3 Å². The summed E-state index contributed by atoms with van der Waals surface area (Å²) in [5, 5.41) is 18.3. The summed E-state index contributed by atoms with van der Waals surface area (Å²) in [6, 6.07) is 0. The van der Waals surface area contributed by atoms with Gasteiger partial charge in [0.2, 0.25) is 5.96 Å². The summed E-state index contributed by atoms with van der Waals surface area (Å²) in [5.74, 6) is 0.0717. The molecule has 0 aromatic carbocycles. The van der Waals surface area contributed by atoms with Crippen LogP contribution in [0.5, 0.6) is 0 Å². The van der Waals surface area contributed by atoms with Crippen LogP contribution in [0.25, 0.3) is 0 Å². The monoisotopic (exact) mass is 291 g/mol. The zero-order valence-corrected chi connectivity index (χ0v) is 10.8. The second-order valence-electron chi connectivity index (χ2n) is 3.58. The molecule has 1 aliphatic rings. The van der Waals surface area contributed by atoms with E-state index < -0.39 is 11.6 Å². The lowest BCUT2D eigenvalue weighted by atomic mass is 10.4. The second kappa shape index (κ2) is 5.46. The number of nitro groups is 1. The van der Waals surface area contributed by atoms with Gasteiger partial charge < -0.3 is 9.64 Å². The second-order valence-corrected chi connectivity index (χ2v) is 5.27. The molecule has 2 rings (SSSR count). The highest BCUT2D eigenvalue weighted by Crippen LogP contribution is 2.20. The standard InChI is InChI=1S/C8H10ClN5O3S/c9-7-11-1-6(18-7)2-12-4-17-5-13(8(12)10)3-14(15)16/h1,10H,2-5H2. The average Bonchev–Trinajstić information content (AvgIpc) is 2.69. The fourth-order valence-electron chi connectivity index (χ4n) is 1.50. The maximum atomic E-state index is 10.4. The van der Waals surface area contributed by atoms with Crippen LogP contribution in [0.3, 0.4) is 0 Å². The van der Waals surface area contributed by atoms with E-state index in [2.05, 4.69) is 4.98 Å². The largest absolute Gasteiger partial charge is 0.340 e. The smallest absolute Gasteiger partial charge is 0.282 e. The Bertz CT molecular complexity index is 467. The van der Waals surface area contributed by atoms with Gasteiger partial charge >= 0.3 is 0 Å². The van der Waals surface area contributed by atoms with Crippen molar-refractivity contribution in [1.29, 1.82) is 5.41 Å². The first-order valence-electron chi connectivity index (χ1n) is 4.94. The zero-order chi connectivity index (χ0) is 13.1. The maximum absolute atomic E-state index is 10.4.